The maximum absolute atomic E-state index is 15.2. The second-order valence-electron chi connectivity index (χ2n) is 15.7. The van der Waals surface area contributed by atoms with Gasteiger partial charge in [-0.05, 0) is 136 Å². The monoisotopic (exact) mass is 670 g/mol. The Labute approximate surface area is 294 Å². The third-order valence-corrected chi connectivity index (χ3v) is 10.8. The molecule has 2 fully saturated rings. The van der Waals surface area contributed by atoms with Crippen LogP contribution in [0.4, 0.5) is 0 Å². The number of aromatic hydroxyl groups is 2. The SMILES string of the molecule is CC(C)=CCCC(C)=CCC1CC2(CC=C(C)CCC=C(C)C)C(=O)C(=C(O)c3ccc(O)c(O)c3)C(=O)C(CC=C(C)C)(C2=O)C1(C)C. The highest BCUT2D eigenvalue weighted by Gasteiger charge is 2.73. The standard InChI is InChI=1S/C43H58O6/c1-27(2)13-11-15-30(7)17-19-33-26-42(23-22-31(8)16-12-14-28(3)4)38(47)36(37(46)32-18-20-34(44)35(45)25-32)39(48)43(40(42)49,41(33,9)10)24-21-29(5)6/h13-14,17-18,20-22,25,33,44-46H,11-12,15-16,19,23-24,26H2,1-10H3. The number of allylic oxidation sites excluding steroid dienone is 11. The highest BCUT2D eigenvalue weighted by atomic mass is 16.3. The number of phenolic OH excluding ortho intramolecular Hbond substituents is 2. The molecule has 2 aliphatic rings. The average Bonchev–Trinajstić information content (AvgIpc) is 3.00. The Morgan fingerprint density at radius 2 is 1.29 bits per heavy atom. The molecule has 2 bridgehead atoms. The topological polar surface area (TPSA) is 112 Å². The smallest absolute Gasteiger partial charge is 0.184 e. The van der Waals surface area contributed by atoms with E-state index in [4.69, 9.17) is 0 Å². The Balaban J connectivity index is 2.32. The highest BCUT2D eigenvalue weighted by Crippen LogP contribution is 2.65. The van der Waals surface area contributed by atoms with E-state index in [1.807, 2.05) is 46.8 Å². The first-order valence-electron chi connectivity index (χ1n) is 17.6. The van der Waals surface area contributed by atoms with Gasteiger partial charge in [-0.3, -0.25) is 14.4 Å². The molecule has 3 rings (SSSR count). The van der Waals surface area contributed by atoms with Crippen LogP contribution in [0.1, 0.15) is 126 Å². The van der Waals surface area contributed by atoms with Crippen molar-refractivity contribution in [3.05, 3.63) is 87.6 Å². The van der Waals surface area contributed by atoms with Crippen molar-refractivity contribution in [3.8, 4) is 11.5 Å². The van der Waals surface area contributed by atoms with E-state index < -0.39 is 50.6 Å². The summed E-state index contributed by atoms with van der Waals surface area (Å²) in [6.45, 7) is 20.2. The second kappa shape index (κ2) is 15.7. The van der Waals surface area contributed by atoms with Gasteiger partial charge in [0.25, 0.3) is 0 Å². The summed E-state index contributed by atoms with van der Waals surface area (Å²) in [5.41, 5.74) is 1.27. The zero-order valence-corrected chi connectivity index (χ0v) is 31.4. The van der Waals surface area contributed by atoms with Crippen LogP contribution in [-0.2, 0) is 14.4 Å². The molecule has 3 N–H and O–H groups in total. The fraction of sp³-hybridized carbons (Fsp3) is 0.512. The van der Waals surface area contributed by atoms with Crippen molar-refractivity contribution in [3.63, 3.8) is 0 Å². The number of fused-ring (bicyclic) bond motifs is 2. The predicted octanol–water partition coefficient (Wildman–Crippen LogP) is 10.6. The highest BCUT2D eigenvalue weighted by molar-refractivity contribution is 6.41. The van der Waals surface area contributed by atoms with Crippen molar-refractivity contribution in [2.75, 3.05) is 0 Å². The van der Waals surface area contributed by atoms with Gasteiger partial charge >= 0.3 is 0 Å². The number of rotatable bonds is 13. The van der Waals surface area contributed by atoms with Gasteiger partial charge in [-0.15, -0.1) is 0 Å². The summed E-state index contributed by atoms with van der Waals surface area (Å²) >= 11 is 0. The van der Waals surface area contributed by atoms with Gasteiger partial charge in [0, 0.05) is 5.56 Å². The van der Waals surface area contributed by atoms with Gasteiger partial charge in [-0.25, -0.2) is 0 Å². The minimum absolute atomic E-state index is 0.0182. The number of hydrogen-bond acceptors (Lipinski definition) is 6. The molecule has 3 atom stereocenters. The Morgan fingerprint density at radius 3 is 1.82 bits per heavy atom. The lowest BCUT2D eigenvalue weighted by atomic mass is 9.38. The van der Waals surface area contributed by atoms with E-state index in [-0.39, 0.29) is 36.5 Å². The number of aliphatic hydroxyl groups is 1. The van der Waals surface area contributed by atoms with E-state index in [0.29, 0.717) is 6.42 Å². The molecule has 0 aliphatic heterocycles. The molecule has 1 aromatic rings. The summed E-state index contributed by atoms with van der Waals surface area (Å²) in [5.74, 6) is -3.36. The lowest BCUT2D eigenvalue weighted by Crippen LogP contribution is -2.69. The van der Waals surface area contributed by atoms with Gasteiger partial charge in [0.1, 0.15) is 16.7 Å². The van der Waals surface area contributed by atoms with Crippen LogP contribution < -0.4 is 0 Å². The molecule has 2 aliphatic carbocycles. The van der Waals surface area contributed by atoms with Crippen molar-refractivity contribution >= 4 is 23.1 Å². The Bertz CT molecular complexity index is 1650. The molecule has 0 radical (unpaired) electrons. The van der Waals surface area contributed by atoms with Crippen LogP contribution in [0, 0.1) is 22.2 Å². The summed E-state index contributed by atoms with van der Waals surface area (Å²) < 4.78 is 0. The molecular weight excluding hydrogens is 612 g/mol. The minimum atomic E-state index is -1.61. The molecular formula is C43H58O6. The van der Waals surface area contributed by atoms with Crippen LogP contribution in [0.25, 0.3) is 5.76 Å². The van der Waals surface area contributed by atoms with Crippen molar-refractivity contribution < 1.29 is 29.7 Å². The molecule has 6 heteroatoms. The van der Waals surface area contributed by atoms with E-state index in [2.05, 4.69) is 52.8 Å². The van der Waals surface area contributed by atoms with E-state index in [9.17, 15) is 20.1 Å². The van der Waals surface area contributed by atoms with Crippen LogP contribution in [0.3, 0.4) is 0 Å². The van der Waals surface area contributed by atoms with E-state index in [0.717, 1.165) is 42.9 Å². The Kier molecular flexibility index (Phi) is 12.7. The number of carbonyl (C=O) groups is 3. The average molecular weight is 671 g/mol. The first kappa shape index (κ1) is 39.5. The summed E-state index contributed by atoms with van der Waals surface area (Å²) in [5, 5.41) is 31.9. The number of ketones is 3. The molecule has 3 unspecified atom stereocenters. The third-order valence-electron chi connectivity index (χ3n) is 10.8. The van der Waals surface area contributed by atoms with Gasteiger partial charge in [0.05, 0.1) is 5.41 Å². The lowest BCUT2D eigenvalue weighted by Gasteiger charge is -2.60. The summed E-state index contributed by atoms with van der Waals surface area (Å²) in [6.07, 6.45) is 15.0. The first-order chi connectivity index (χ1) is 22.8. The van der Waals surface area contributed by atoms with Crippen molar-refractivity contribution in [1.29, 1.82) is 0 Å². The Morgan fingerprint density at radius 1 is 0.735 bits per heavy atom. The molecule has 0 saturated heterocycles. The maximum atomic E-state index is 15.2. The fourth-order valence-corrected chi connectivity index (χ4v) is 7.52. The third kappa shape index (κ3) is 8.11. The number of hydrogen-bond donors (Lipinski definition) is 3. The molecule has 6 nitrogen and oxygen atoms in total. The second-order valence-corrected chi connectivity index (χ2v) is 15.7. The van der Waals surface area contributed by atoms with Crippen LogP contribution >= 0.6 is 0 Å². The summed E-state index contributed by atoms with van der Waals surface area (Å²) in [6, 6.07) is 3.68. The van der Waals surface area contributed by atoms with E-state index >= 15 is 9.59 Å². The van der Waals surface area contributed by atoms with Crippen LogP contribution in [0.2, 0.25) is 0 Å². The molecule has 49 heavy (non-hydrogen) atoms. The van der Waals surface area contributed by atoms with Gasteiger partial charge in [0.2, 0.25) is 0 Å². The number of aliphatic hydroxyl groups excluding tert-OH is 1. The zero-order valence-electron chi connectivity index (χ0n) is 31.4. The van der Waals surface area contributed by atoms with Crippen molar-refractivity contribution in [2.24, 2.45) is 22.2 Å². The first-order valence-corrected chi connectivity index (χ1v) is 17.6. The largest absolute Gasteiger partial charge is 0.506 e. The molecule has 266 valence electrons. The van der Waals surface area contributed by atoms with Crippen molar-refractivity contribution in [1.82, 2.24) is 0 Å². The summed E-state index contributed by atoms with van der Waals surface area (Å²) in [4.78, 5) is 45.1. The van der Waals surface area contributed by atoms with Crippen LogP contribution in [0.15, 0.2) is 82.0 Å². The lowest BCUT2D eigenvalue weighted by molar-refractivity contribution is -0.176. The molecule has 0 aromatic heterocycles. The van der Waals surface area contributed by atoms with E-state index in [1.165, 1.54) is 28.9 Å². The Hall–Kier alpha value is -3.93. The molecule has 0 spiro atoms. The molecule has 2 saturated carbocycles. The molecule has 0 heterocycles. The van der Waals surface area contributed by atoms with Gasteiger partial charge in [-0.1, -0.05) is 72.1 Å². The number of Topliss-reactive ketones (excluding diaryl/α,β-unsaturated/α-hetero) is 3. The number of carbonyl (C=O) groups excluding carboxylic acids is 3. The molecule has 0 amide bonds. The number of benzene rings is 1. The van der Waals surface area contributed by atoms with E-state index in [1.54, 1.807) is 0 Å². The van der Waals surface area contributed by atoms with Gasteiger partial charge in [-0.2, -0.15) is 0 Å². The van der Waals surface area contributed by atoms with Crippen LogP contribution in [0.5, 0.6) is 11.5 Å². The normalized spacial score (nSPS) is 24.8. The summed E-state index contributed by atoms with van der Waals surface area (Å²) in [7, 11) is 0. The molecule has 1 aromatic carbocycles. The van der Waals surface area contributed by atoms with Gasteiger partial charge in [0.15, 0.2) is 28.8 Å². The minimum Gasteiger partial charge on any atom is -0.506 e. The number of phenols is 2. The predicted molar refractivity (Wildman–Crippen MR) is 199 cm³/mol. The zero-order chi connectivity index (χ0) is 36.9. The van der Waals surface area contributed by atoms with Gasteiger partial charge < -0.3 is 15.3 Å². The van der Waals surface area contributed by atoms with Crippen LogP contribution in [-0.4, -0.2) is 32.7 Å². The van der Waals surface area contributed by atoms with Crippen molar-refractivity contribution in [2.45, 2.75) is 121 Å². The maximum Gasteiger partial charge on any atom is 0.184 e. The quantitative estimate of drug-likeness (QED) is 0.0481. The fourth-order valence-electron chi connectivity index (χ4n) is 7.52.